The van der Waals surface area contributed by atoms with E-state index in [1.807, 2.05) is 37.2 Å². The third-order valence-corrected chi connectivity index (χ3v) is 3.36. The number of ether oxygens (including phenoxy) is 2. The smallest absolute Gasteiger partial charge is 0.171 e. The van der Waals surface area contributed by atoms with Gasteiger partial charge in [-0.2, -0.15) is 0 Å². The molecule has 1 unspecified atom stereocenters. The zero-order chi connectivity index (χ0) is 16.1. The standard InChI is InChI=1S/C16H22N4O2/c1-11(12-6-7-13(21-4)14(10-12)22-5)19-15-16(20(2)3)18-9-8-17-15/h6-11H,1-5H3,(H,17,19). The van der Waals surface area contributed by atoms with Crippen LogP contribution in [0.25, 0.3) is 0 Å². The van der Waals surface area contributed by atoms with Crippen molar-refractivity contribution in [2.24, 2.45) is 0 Å². The average molecular weight is 302 g/mol. The molecule has 0 aliphatic rings. The van der Waals surface area contributed by atoms with Gasteiger partial charge in [0.25, 0.3) is 0 Å². The Morgan fingerprint density at radius 1 is 1.05 bits per heavy atom. The Labute approximate surface area is 131 Å². The third-order valence-electron chi connectivity index (χ3n) is 3.36. The fourth-order valence-corrected chi connectivity index (χ4v) is 2.17. The molecule has 22 heavy (non-hydrogen) atoms. The Bertz CT molecular complexity index is 631. The van der Waals surface area contributed by atoms with Crippen molar-refractivity contribution in [3.8, 4) is 11.5 Å². The quantitative estimate of drug-likeness (QED) is 0.885. The minimum absolute atomic E-state index is 0.0511. The molecule has 118 valence electrons. The van der Waals surface area contributed by atoms with Gasteiger partial charge in [-0.05, 0) is 24.6 Å². The highest BCUT2D eigenvalue weighted by atomic mass is 16.5. The van der Waals surface area contributed by atoms with Gasteiger partial charge in [0, 0.05) is 26.5 Å². The van der Waals surface area contributed by atoms with Crippen molar-refractivity contribution in [1.82, 2.24) is 9.97 Å². The number of nitrogens with one attached hydrogen (secondary N) is 1. The average Bonchev–Trinajstić information content (AvgIpc) is 2.54. The molecule has 0 bridgehead atoms. The van der Waals surface area contributed by atoms with Crippen LogP contribution in [0.1, 0.15) is 18.5 Å². The number of methoxy groups -OCH3 is 2. The summed E-state index contributed by atoms with van der Waals surface area (Å²) in [5, 5.41) is 3.39. The Morgan fingerprint density at radius 2 is 1.73 bits per heavy atom. The van der Waals surface area contributed by atoms with E-state index in [0.29, 0.717) is 11.5 Å². The number of hydrogen-bond acceptors (Lipinski definition) is 6. The molecule has 2 rings (SSSR count). The molecular formula is C16H22N4O2. The highest BCUT2D eigenvalue weighted by Crippen LogP contribution is 2.31. The molecule has 1 aromatic heterocycles. The van der Waals surface area contributed by atoms with Crippen molar-refractivity contribution in [1.29, 1.82) is 0 Å². The molecule has 0 saturated heterocycles. The molecule has 0 aliphatic carbocycles. The first-order chi connectivity index (χ1) is 10.6. The first-order valence-corrected chi connectivity index (χ1v) is 7.03. The number of anilines is 2. The number of aromatic nitrogens is 2. The van der Waals surface area contributed by atoms with Gasteiger partial charge in [-0.3, -0.25) is 0 Å². The lowest BCUT2D eigenvalue weighted by Crippen LogP contribution is -2.16. The van der Waals surface area contributed by atoms with Crippen molar-refractivity contribution < 1.29 is 9.47 Å². The van der Waals surface area contributed by atoms with Gasteiger partial charge in [-0.15, -0.1) is 0 Å². The Balaban J connectivity index is 2.24. The van der Waals surface area contributed by atoms with E-state index >= 15 is 0 Å². The van der Waals surface area contributed by atoms with Gasteiger partial charge < -0.3 is 19.7 Å². The molecule has 1 N–H and O–H groups in total. The van der Waals surface area contributed by atoms with Crippen molar-refractivity contribution in [2.45, 2.75) is 13.0 Å². The van der Waals surface area contributed by atoms with Crippen LogP contribution in [0.3, 0.4) is 0 Å². The molecule has 1 heterocycles. The van der Waals surface area contributed by atoms with Crippen LogP contribution in [0.15, 0.2) is 30.6 Å². The molecule has 0 spiro atoms. The first kappa shape index (κ1) is 15.9. The highest BCUT2D eigenvalue weighted by molar-refractivity contribution is 5.60. The molecule has 0 fully saturated rings. The summed E-state index contributed by atoms with van der Waals surface area (Å²) in [5.41, 5.74) is 1.08. The highest BCUT2D eigenvalue weighted by Gasteiger charge is 2.13. The van der Waals surface area contributed by atoms with E-state index in [1.54, 1.807) is 26.6 Å². The van der Waals surface area contributed by atoms with E-state index < -0.39 is 0 Å². The zero-order valence-electron chi connectivity index (χ0n) is 13.6. The van der Waals surface area contributed by atoms with Gasteiger partial charge in [0.15, 0.2) is 23.1 Å². The van der Waals surface area contributed by atoms with Crippen LogP contribution in [0.4, 0.5) is 11.6 Å². The Morgan fingerprint density at radius 3 is 2.36 bits per heavy atom. The summed E-state index contributed by atoms with van der Waals surface area (Å²) in [5.74, 6) is 2.97. The molecule has 0 aliphatic heterocycles. The van der Waals surface area contributed by atoms with Crippen LogP contribution in [-0.2, 0) is 0 Å². The zero-order valence-corrected chi connectivity index (χ0v) is 13.6. The summed E-state index contributed by atoms with van der Waals surface area (Å²) < 4.78 is 10.6. The number of hydrogen-bond donors (Lipinski definition) is 1. The molecule has 2 aromatic rings. The fourth-order valence-electron chi connectivity index (χ4n) is 2.17. The van der Waals surface area contributed by atoms with E-state index in [2.05, 4.69) is 22.2 Å². The van der Waals surface area contributed by atoms with Crippen LogP contribution in [-0.4, -0.2) is 38.3 Å². The van der Waals surface area contributed by atoms with Gasteiger partial charge in [0.2, 0.25) is 0 Å². The topological polar surface area (TPSA) is 59.5 Å². The van der Waals surface area contributed by atoms with Gasteiger partial charge in [-0.25, -0.2) is 9.97 Å². The van der Waals surface area contributed by atoms with Crippen molar-refractivity contribution in [3.05, 3.63) is 36.2 Å². The minimum atomic E-state index is 0.0511. The van der Waals surface area contributed by atoms with Gasteiger partial charge >= 0.3 is 0 Å². The van der Waals surface area contributed by atoms with E-state index in [1.165, 1.54) is 0 Å². The first-order valence-electron chi connectivity index (χ1n) is 7.03. The van der Waals surface area contributed by atoms with E-state index in [-0.39, 0.29) is 6.04 Å². The maximum atomic E-state index is 5.35. The predicted octanol–water partition coefficient (Wildman–Crippen LogP) is 2.73. The van der Waals surface area contributed by atoms with Crippen LogP contribution < -0.4 is 19.7 Å². The molecule has 0 amide bonds. The molecule has 0 radical (unpaired) electrons. The van der Waals surface area contributed by atoms with Gasteiger partial charge in [0.05, 0.1) is 20.3 Å². The largest absolute Gasteiger partial charge is 0.493 e. The lowest BCUT2D eigenvalue weighted by molar-refractivity contribution is 0.354. The van der Waals surface area contributed by atoms with Crippen LogP contribution in [0.5, 0.6) is 11.5 Å². The number of benzene rings is 1. The summed E-state index contributed by atoms with van der Waals surface area (Å²) in [6, 6.07) is 5.92. The molecule has 6 heteroatoms. The summed E-state index contributed by atoms with van der Waals surface area (Å²) in [6.45, 7) is 2.06. The predicted molar refractivity (Wildman–Crippen MR) is 87.9 cm³/mol. The maximum Gasteiger partial charge on any atom is 0.171 e. The summed E-state index contributed by atoms with van der Waals surface area (Å²) >= 11 is 0. The maximum absolute atomic E-state index is 5.35. The van der Waals surface area contributed by atoms with E-state index in [0.717, 1.165) is 17.2 Å². The summed E-state index contributed by atoms with van der Waals surface area (Å²) in [4.78, 5) is 10.6. The minimum Gasteiger partial charge on any atom is -0.493 e. The normalized spacial score (nSPS) is 11.7. The van der Waals surface area contributed by atoms with Crippen molar-refractivity contribution >= 4 is 11.6 Å². The lowest BCUT2D eigenvalue weighted by Gasteiger charge is -2.20. The van der Waals surface area contributed by atoms with E-state index in [4.69, 9.17) is 9.47 Å². The summed E-state index contributed by atoms with van der Waals surface area (Å²) in [7, 11) is 7.14. The Hall–Kier alpha value is -2.50. The number of nitrogens with zero attached hydrogens (tertiary/aromatic N) is 3. The van der Waals surface area contributed by atoms with Crippen LogP contribution in [0.2, 0.25) is 0 Å². The monoisotopic (exact) mass is 302 g/mol. The van der Waals surface area contributed by atoms with Gasteiger partial charge in [0.1, 0.15) is 0 Å². The SMILES string of the molecule is COc1ccc(C(C)Nc2nccnc2N(C)C)cc1OC. The second-order valence-corrected chi connectivity index (χ2v) is 5.10. The second kappa shape index (κ2) is 6.98. The molecule has 1 atom stereocenters. The molecule has 1 aromatic carbocycles. The summed E-state index contributed by atoms with van der Waals surface area (Å²) in [6.07, 6.45) is 3.36. The molecule has 6 nitrogen and oxygen atoms in total. The van der Waals surface area contributed by atoms with Gasteiger partial charge in [-0.1, -0.05) is 6.07 Å². The molecule has 0 saturated carbocycles. The van der Waals surface area contributed by atoms with E-state index in [9.17, 15) is 0 Å². The molecular weight excluding hydrogens is 280 g/mol. The lowest BCUT2D eigenvalue weighted by atomic mass is 10.1. The van der Waals surface area contributed by atoms with Crippen molar-refractivity contribution in [2.75, 3.05) is 38.5 Å². The number of rotatable bonds is 6. The van der Waals surface area contributed by atoms with Crippen LogP contribution >= 0.6 is 0 Å². The second-order valence-electron chi connectivity index (χ2n) is 5.10. The van der Waals surface area contributed by atoms with Crippen molar-refractivity contribution in [3.63, 3.8) is 0 Å². The fraction of sp³-hybridized carbons (Fsp3) is 0.375. The Kier molecular flexibility index (Phi) is 5.04. The third kappa shape index (κ3) is 3.39. The van der Waals surface area contributed by atoms with Crippen LogP contribution in [0, 0.1) is 0 Å².